The number of alkyl halides is 3. The van der Waals surface area contributed by atoms with E-state index in [1.807, 2.05) is 24.3 Å². The number of carbonyl (C=O) groups excluding carboxylic acids is 1. The van der Waals surface area contributed by atoms with Gasteiger partial charge in [-0.05, 0) is 48.4 Å². The molecule has 1 aliphatic carbocycles. The molecule has 2 fully saturated rings. The van der Waals surface area contributed by atoms with Crippen LogP contribution in [0.5, 0.6) is 0 Å². The zero-order valence-electron chi connectivity index (χ0n) is 17.9. The molecule has 2 aromatic heterocycles. The van der Waals surface area contributed by atoms with E-state index in [1.165, 1.54) is 6.33 Å². The van der Waals surface area contributed by atoms with Crippen LogP contribution in [0, 0.1) is 5.41 Å². The van der Waals surface area contributed by atoms with E-state index in [-0.39, 0.29) is 22.6 Å². The van der Waals surface area contributed by atoms with Crippen LogP contribution >= 0.6 is 11.3 Å². The van der Waals surface area contributed by atoms with Gasteiger partial charge in [-0.3, -0.25) is 4.79 Å². The number of benzene rings is 1. The van der Waals surface area contributed by atoms with Crippen LogP contribution < -0.4 is 16.0 Å². The van der Waals surface area contributed by atoms with Crippen molar-refractivity contribution < 1.29 is 18.0 Å². The number of carbonyl (C=O) groups is 1. The van der Waals surface area contributed by atoms with Gasteiger partial charge in [0.05, 0.1) is 18.2 Å². The Kier molecular flexibility index (Phi) is 5.43. The van der Waals surface area contributed by atoms with Crippen molar-refractivity contribution in [2.75, 3.05) is 23.3 Å². The van der Waals surface area contributed by atoms with Crippen LogP contribution in [0.4, 0.5) is 24.7 Å². The number of primary amides is 1. The summed E-state index contributed by atoms with van der Waals surface area (Å²) in [5, 5.41) is 4.27. The second-order valence-corrected chi connectivity index (χ2v) is 10.3. The van der Waals surface area contributed by atoms with Gasteiger partial charge in [0.1, 0.15) is 17.0 Å². The summed E-state index contributed by atoms with van der Waals surface area (Å²) in [6, 6.07) is 9.73. The van der Waals surface area contributed by atoms with Crippen molar-refractivity contribution in [2.24, 2.45) is 11.1 Å². The molecule has 2 aliphatic rings. The van der Waals surface area contributed by atoms with Crippen LogP contribution in [0.25, 0.3) is 10.2 Å². The van der Waals surface area contributed by atoms with Gasteiger partial charge in [0.15, 0.2) is 0 Å². The highest BCUT2D eigenvalue weighted by atomic mass is 32.1. The Morgan fingerprint density at radius 3 is 2.70 bits per heavy atom. The molecule has 6 nitrogen and oxygen atoms in total. The molecule has 3 N–H and O–H groups in total. The second kappa shape index (κ2) is 8.16. The maximum absolute atomic E-state index is 12.8. The van der Waals surface area contributed by atoms with Gasteiger partial charge in [-0.25, -0.2) is 9.97 Å². The van der Waals surface area contributed by atoms with Crippen molar-refractivity contribution in [1.29, 1.82) is 0 Å². The van der Waals surface area contributed by atoms with E-state index in [2.05, 4.69) is 20.2 Å². The zero-order chi connectivity index (χ0) is 23.2. The number of thiophene rings is 1. The van der Waals surface area contributed by atoms with Crippen LogP contribution in [-0.2, 0) is 17.6 Å². The minimum absolute atomic E-state index is 0.200. The van der Waals surface area contributed by atoms with Gasteiger partial charge in [0, 0.05) is 29.7 Å². The van der Waals surface area contributed by atoms with Crippen LogP contribution in [0.15, 0.2) is 36.7 Å². The number of fused-ring (bicyclic) bond motifs is 1. The van der Waals surface area contributed by atoms with Gasteiger partial charge < -0.3 is 16.0 Å². The number of hydrogen-bond donors (Lipinski definition) is 2. The standard InChI is InChI=1S/C23H24F3N5OS/c24-23(25,26)11-17-8-18-20(28-13-29-21(18)33-17)31-6-5-22(12-31)9-16(10-22)30-15-3-1-14(2-4-15)7-19(27)32/h1-4,8,13,16,30H,5-7,9-12H2,(H2,27,32). The lowest BCUT2D eigenvalue weighted by atomic mass is 9.65. The van der Waals surface area contributed by atoms with Gasteiger partial charge in [-0.1, -0.05) is 12.1 Å². The van der Waals surface area contributed by atoms with Crippen molar-refractivity contribution in [3.05, 3.63) is 47.1 Å². The third kappa shape index (κ3) is 4.75. The highest BCUT2D eigenvalue weighted by Crippen LogP contribution is 2.50. The highest BCUT2D eigenvalue weighted by Gasteiger charge is 2.49. The van der Waals surface area contributed by atoms with Crippen molar-refractivity contribution >= 4 is 39.0 Å². The topological polar surface area (TPSA) is 84.1 Å². The smallest absolute Gasteiger partial charge is 0.382 e. The number of nitrogens with two attached hydrogens (primary N) is 1. The molecule has 0 bridgehead atoms. The fraction of sp³-hybridized carbons (Fsp3) is 0.435. The molecule has 33 heavy (non-hydrogen) atoms. The predicted octanol–water partition coefficient (Wildman–Crippen LogP) is 4.29. The van der Waals surface area contributed by atoms with E-state index in [0.29, 0.717) is 16.3 Å². The number of hydrogen-bond acceptors (Lipinski definition) is 6. The van der Waals surface area contributed by atoms with Gasteiger partial charge in [0.25, 0.3) is 0 Å². The number of halogens is 3. The number of nitrogens with one attached hydrogen (secondary N) is 1. The first-order valence-electron chi connectivity index (χ1n) is 10.9. The van der Waals surface area contributed by atoms with Gasteiger partial charge in [-0.2, -0.15) is 13.2 Å². The molecule has 174 valence electrons. The molecule has 0 atom stereocenters. The molecule has 1 amide bonds. The molecule has 3 heterocycles. The molecular formula is C23H24F3N5OS. The summed E-state index contributed by atoms with van der Waals surface area (Å²) in [5.41, 5.74) is 7.35. The Balaban J connectivity index is 1.22. The maximum Gasteiger partial charge on any atom is 0.393 e. The molecule has 1 saturated carbocycles. The number of rotatable bonds is 6. The molecule has 1 spiro atoms. The highest BCUT2D eigenvalue weighted by molar-refractivity contribution is 7.18. The first-order valence-corrected chi connectivity index (χ1v) is 11.7. The normalized spacial score (nSPS) is 22.6. The molecule has 0 unspecified atom stereocenters. The van der Waals surface area contributed by atoms with Gasteiger partial charge in [0.2, 0.25) is 5.91 Å². The van der Waals surface area contributed by atoms with E-state index in [0.717, 1.165) is 60.8 Å². The van der Waals surface area contributed by atoms with Crippen LogP contribution in [0.2, 0.25) is 0 Å². The molecule has 3 aromatic rings. The first kappa shape index (κ1) is 21.9. The number of aromatic nitrogens is 2. The summed E-state index contributed by atoms with van der Waals surface area (Å²) in [4.78, 5) is 22.7. The summed E-state index contributed by atoms with van der Waals surface area (Å²) in [6.45, 7) is 1.68. The number of amides is 1. The van der Waals surface area contributed by atoms with Crippen molar-refractivity contribution in [1.82, 2.24) is 9.97 Å². The van der Waals surface area contributed by atoms with Crippen molar-refractivity contribution in [2.45, 2.75) is 44.3 Å². The summed E-state index contributed by atoms with van der Waals surface area (Å²) < 4.78 is 38.5. The predicted molar refractivity (Wildman–Crippen MR) is 122 cm³/mol. The Morgan fingerprint density at radius 1 is 1.24 bits per heavy atom. The van der Waals surface area contributed by atoms with Crippen molar-refractivity contribution in [3.63, 3.8) is 0 Å². The maximum atomic E-state index is 12.8. The fourth-order valence-corrected chi connectivity index (χ4v) is 6.14. The molecule has 1 aliphatic heterocycles. The van der Waals surface area contributed by atoms with Crippen LogP contribution in [0.1, 0.15) is 29.7 Å². The lowest BCUT2D eigenvalue weighted by Gasteiger charge is -2.46. The van der Waals surface area contributed by atoms with E-state index in [9.17, 15) is 18.0 Å². The molecular weight excluding hydrogens is 451 g/mol. The molecule has 1 aromatic carbocycles. The Hall–Kier alpha value is -2.88. The Morgan fingerprint density at radius 2 is 2.00 bits per heavy atom. The molecule has 10 heteroatoms. The zero-order valence-corrected chi connectivity index (χ0v) is 18.7. The summed E-state index contributed by atoms with van der Waals surface area (Å²) in [7, 11) is 0. The average molecular weight is 476 g/mol. The van der Waals surface area contributed by atoms with E-state index in [4.69, 9.17) is 5.73 Å². The third-order valence-corrected chi connectivity index (χ3v) is 7.58. The van der Waals surface area contributed by atoms with Crippen LogP contribution in [0.3, 0.4) is 0 Å². The largest absolute Gasteiger partial charge is 0.393 e. The summed E-state index contributed by atoms with van der Waals surface area (Å²) in [6.07, 6.45) is -0.387. The molecule has 0 radical (unpaired) electrons. The lowest BCUT2D eigenvalue weighted by molar-refractivity contribution is -0.126. The van der Waals surface area contributed by atoms with Gasteiger partial charge in [-0.15, -0.1) is 11.3 Å². The average Bonchev–Trinajstić information content (AvgIpc) is 3.31. The fourth-order valence-electron chi connectivity index (χ4n) is 5.12. The minimum Gasteiger partial charge on any atom is -0.382 e. The Labute approximate surface area is 193 Å². The van der Waals surface area contributed by atoms with Gasteiger partial charge >= 0.3 is 6.18 Å². The van der Waals surface area contributed by atoms with Crippen molar-refractivity contribution in [3.8, 4) is 0 Å². The van der Waals surface area contributed by atoms with E-state index >= 15 is 0 Å². The monoisotopic (exact) mass is 475 g/mol. The summed E-state index contributed by atoms with van der Waals surface area (Å²) >= 11 is 1.09. The first-order chi connectivity index (χ1) is 15.7. The second-order valence-electron chi connectivity index (χ2n) is 9.18. The lowest BCUT2D eigenvalue weighted by Crippen LogP contribution is -2.46. The number of nitrogens with zero attached hydrogens (tertiary/aromatic N) is 3. The van der Waals surface area contributed by atoms with Crippen LogP contribution in [-0.4, -0.2) is 41.2 Å². The molecule has 1 saturated heterocycles. The number of anilines is 2. The summed E-state index contributed by atoms with van der Waals surface area (Å²) in [5.74, 6) is 0.394. The van der Waals surface area contributed by atoms with E-state index in [1.54, 1.807) is 6.07 Å². The SMILES string of the molecule is NC(=O)Cc1ccc(NC2CC3(CCN(c4ncnc5sc(CC(F)(F)F)cc45)C3)C2)cc1. The quantitative estimate of drug-likeness (QED) is 0.556. The Bertz CT molecular complexity index is 1170. The molecule has 5 rings (SSSR count). The third-order valence-electron chi connectivity index (χ3n) is 6.53. The minimum atomic E-state index is -4.23. The van der Waals surface area contributed by atoms with E-state index < -0.39 is 12.6 Å².